The van der Waals surface area contributed by atoms with E-state index in [0.717, 1.165) is 19.5 Å². The Labute approximate surface area is 119 Å². The summed E-state index contributed by atoms with van der Waals surface area (Å²) in [6.45, 7) is 1.93. The van der Waals surface area contributed by atoms with Gasteiger partial charge in [0.1, 0.15) is 5.75 Å². The van der Waals surface area contributed by atoms with Gasteiger partial charge < -0.3 is 10.4 Å². The topological polar surface area (TPSA) is 32.3 Å². The van der Waals surface area contributed by atoms with Gasteiger partial charge in [-0.3, -0.25) is 0 Å². The Morgan fingerprint density at radius 3 is 2.63 bits per heavy atom. The van der Waals surface area contributed by atoms with E-state index in [1.54, 1.807) is 6.07 Å². The van der Waals surface area contributed by atoms with Gasteiger partial charge in [0.15, 0.2) is 0 Å². The molecule has 0 bridgehead atoms. The molecule has 1 unspecified atom stereocenters. The van der Waals surface area contributed by atoms with Gasteiger partial charge >= 0.3 is 0 Å². The van der Waals surface area contributed by atoms with Crippen LogP contribution in [0.15, 0.2) is 48.5 Å². The third kappa shape index (κ3) is 2.91. The van der Waals surface area contributed by atoms with Crippen LogP contribution in [0.1, 0.15) is 22.6 Å². The molecule has 100 valence electrons. The molecule has 0 saturated heterocycles. The monoisotopic (exact) mass is 275 g/mol. The van der Waals surface area contributed by atoms with Crippen molar-refractivity contribution in [2.45, 2.75) is 12.3 Å². The summed E-state index contributed by atoms with van der Waals surface area (Å²) in [5.41, 5.74) is 3.93. The van der Waals surface area contributed by atoms with Crippen LogP contribution in [-0.4, -0.2) is 18.2 Å². The van der Waals surface area contributed by atoms with Crippen molar-refractivity contribution in [3.63, 3.8) is 0 Å². The molecule has 0 radical (unpaired) electrons. The molecule has 0 saturated carbocycles. The number of hydrogen-bond donors (Lipinski definition) is 2. The van der Waals surface area contributed by atoms with Crippen LogP contribution in [0.5, 0.6) is 5.75 Å². The number of phenols is 1. The zero-order valence-corrected chi connectivity index (χ0v) is 11.5. The van der Waals surface area contributed by atoms with Crippen molar-refractivity contribution in [1.82, 2.24) is 5.32 Å². The Bertz CT molecular complexity index is 542. The highest BCUT2D eigenvalue weighted by Gasteiger charge is 2.19. The van der Waals surface area contributed by atoms with Gasteiger partial charge in [0.25, 0.3) is 0 Å². The average Bonchev–Trinajstić information content (AvgIpc) is 2.61. The third-order valence-electron chi connectivity index (χ3n) is 3.62. The van der Waals surface area contributed by atoms with Crippen molar-refractivity contribution in [3.8, 4) is 5.75 Å². The maximum Gasteiger partial charge on any atom is 0.115 e. The lowest BCUT2D eigenvalue weighted by molar-refractivity contribution is 0.474. The standard InChI is InChI=1S/C16H17NO.ClH/c18-14-6-7-15-13(10-14)8-9-17-11-16(15)12-4-2-1-3-5-12;/h1-7,10,16-18H,8-9,11H2;1H. The summed E-state index contributed by atoms with van der Waals surface area (Å²) in [4.78, 5) is 0. The predicted octanol–water partition coefficient (Wildman–Crippen LogP) is 3.09. The first-order chi connectivity index (χ1) is 8.84. The summed E-state index contributed by atoms with van der Waals surface area (Å²) in [6.07, 6.45) is 0.979. The quantitative estimate of drug-likeness (QED) is 0.838. The molecule has 0 spiro atoms. The Hall–Kier alpha value is -1.51. The molecule has 2 aromatic rings. The number of nitrogens with one attached hydrogen (secondary N) is 1. The van der Waals surface area contributed by atoms with E-state index in [2.05, 4.69) is 35.6 Å². The second-order valence-electron chi connectivity index (χ2n) is 4.80. The number of phenolic OH excluding ortho intramolecular Hbond substituents is 1. The number of fused-ring (bicyclic) bond motifs is 1. The molecule has 0 aliphatic carbocycles. The molecule has 1 atom stereocenters. The fourth-order valence-electron chi connectivity index (χ4n) is 2.71. The van der Waals surface area contributed by atoms with Gasteiger partial charge in [0.2, 0.25) is 0 Å². The molecule has 2 nitrogen and oxygen atoms in total. The maximum absolute atomic E-state index is 9.62. The Morgan fingerprint density at radius 1 is 1.05 bits per heavy atom. The highest BCUT2D eigenvalue weighted by Crippen LogP contribution is 2.30. The van der Waals surface area contributed by atoms with Crippen molar-refractivity contribution < 1.29 is 5.11 Å². The Morgan fingerprint density at radius 2 is 1.84 bits per heavy atom. The van der Waals surface area contributed by atoms with Crippen LogP contribution in [0.3, 0.4) is 0 Å². The van der Waals surface area contributed by atoms with Crippen molar-refractivity contribution >= 4 is 12.4 Å². The first-order valence-electron chi connectivity index (χ1n) is 6.42. The minimum absolute atomic E-state index is 0. The summed E-state index contributed by atoms with van der Waals surface area (Å²) in [5.74, 6) is 0.742. The molecule has 1 aliphatic heterocycles. The van der Waals surface area contributed by atoms with Crippen LogP contribution < -0.4 is 5.32 Å². The van der Waals surface area contributed by atoms with Crippen molar-refractivity contribution in [3.05, 3.63) is 65.2 Å². The second-order valence-corrected chi connectivity index (χ2v) is 4.80. The minimum Gasteiger partial charge on any atom is -0.508 e. The predicted molar refractivity (Wildman–Crippen MR) is 80.2 cm³/mol. The van der Waals surface area contributed by atoms with Crippen LogP contribution in [0, 0.1) is 0 Å². The molecule has 3 rings (SSSR count). The molecular weight excluding hydrogens is 258 g/mol. The molecular formula is C16H18ClNO. The minimum atomic E-state index is 0. The zero-order valence-electron chi connectivity index (χ0n) is 10.7. The van der Waals surface area contributed by atoms with Crippen molar-refractivity contribution in [2.75, 3.05) is 13.1 Å². The molecule has 1 aliphatic rings. The summed E-state index contributed by atoms with van der Waals surface area (Å²) < 4.78 is 0. The van der Waals surface area contributed by atoms with Crippen LogP contribution in [0.4, 0.5) is 0 Å². The largest absolute Gasteiger partial charge is 0.508 e. The van der Waals surface area contributed by atoms with Crippen molar-refractivity contribution in [2.24, 2.45) is 0 Å². The lowest BCUT2D eigenvalue weighted by Crippen LogP contribution is -2.20. The van der Waals surface area contributed by atoms with E-state index in [9.17, 15) is 5.11 Å². The van der Waals surface area contributed by atoms with Crippen LogP contribution in [0.2, 0.25) is 0 Å². The van der Waals surface area contributed by atoms with E-state index < -0.39 is 0 Å². The highest BCUT2D eigenvalue weighted by atomic mass is 35.5. The van der Waals surface area contributed by atoms with Gasteiger partial charge in [-0.15, -0.1) is 12.4 Å². The third-order valence-corrected chi connectivity index (χ3v) is 3.62. The fourth-order valence-corrected chi connectivity index (χ4v) is 2.71. The summed E-state index contributed by atoms with van der Waals surface area (Å²) >= 11 is 0. The SMILES string of the molecule is Cl.Oc1ccc2c(c1)CCNCC2c1ccccc1. The molecule has 3 heteroatoms. The summed E-state index contributed by atoms with van der Waals surface area (Å²) in [7, 11) is 0. The second kappa shape index (κ2) is 6.09. The average molecular weight is 276 g/mol. The number of rotatable bonds is 1. The maximum atomic E-state index is 9.62. The first kappa shape index (κ1) is 13.9. The fraction of sp³-hybridized carbons (Fsp3) is 0.250. The Balaban J connectivity index is 0.00000133. The van der Waals surface area contributed by atoms with Crippen molar-refractivity contribution in [1.29, 1.82) is 0 Å². The molecule has 0 amide bonds. The van der Waals surface area contributed by atoms with Crippen LogP contribution in [0.25, 0.3) is 0 Å². The molecule has 0 fully saturated rings. The van der Waals surface area contributed by atoms with E-state index >= 15 is 0 Å². The van der Waals surface area contributed by atoms with Gasteiger partial charge in [-0.2, -0.15) is 0 Å². The number of aromatic hydroxyl groups is 1. The smallest absolute Gasteiger partial charge is 0.115 e. The van der Waals surface area contributed by atoms with Gasteiger partial charge in [0.05, 0.1) is 0 Å². The first-order valence-corrected chi connectivity index (χ1v) is 6.42. The molecule has 1 heterocycles. The van der Waals surface area contributed by atoms with Crippen LogP contribution >= 0.6 is 12.4 Å². The summed E-state index contributed by atoms with van der Waals surface area (Å²) in [6, 6.07) is 16.3. The molecule has 2 aromatic carbocycles. The highest BCUT2D eigenvalue weighted by molar-refractivity contribution is 5.85. The Kier molecular flexibility index (Phi) is 4.46. The van der Waals surface area contributed by atoms with Gasteiger partial charge in [-0.05, 0) is 41.8 Å². The molecule has 2 N–H and O–H groups in total. The van der Waals surface area contributed by atoms with E-state index in [-0.39, 0.29) is 12.4 Å². The van der Waals surface area contributed by atoms with E-state index in [1.165, 1.54) is 16.7 Å². The zero-order chi connectivity index (χ0) is 12.4. The summed E-state index contributed by atoms with van der Waals surface area (Å²) in [5, 5.41) is 13.1. The number of benzene rings is 2. The lowest BCUT2D eigenvalue weighted by atomic mass is 9.88. The number of halogens is 1. The molecule has 19 heavy (non-hydrogen) atoms. The number of hydrogen-bond acceptors (Lipinski definition) is 2. The van der Waals surface area contributed by atoms with Gasteiger partial charge in [0, 0.05) is 12.5 Å². The molecule has 0 aromatic heterocycles. The van der Waals surface area contributed by atoms with Crippen LogP contribution in [-0.2, 0) is 6.42 Å². The van der Waals surface area contributed by atoms with E-state index in [4.69, 9.17) is 0 Å². The van der Waals surface area contributed by atoms with Gasteiger partial charge in [-0.1, -0.05) is 36.4 Å². The van der Waals surface area contributed by atoms with Gasteiger partial charge in [-0.25, -0.2) is 0 Å². The normalized spacial score (nSPS) is 18.0. The lowest BCUT2D eigenvalue weighted by Gasteiger charge is -2.18. The van der Waals surface area contributed by atoms with E-state index in [1.807, 2.05) is 12.1 Å². The van der Waals surface area contributed by atoms with E-state index in [0.29, 0.717) is 11.7 Å².